The minimum Gasteiger partial charge on any atom is -0.289 e. The molecular weight excluding hydrogens is 353 g/mol. The number of halogens is 3. The maximum absolute atomic E-state index is 12.4. The molecule has 27 heavy (non-hydrogen) atoms. The summed E-state index contributed by atoms with van der Waals surface area (Å²) >= 11 is 0. The minimum absolute atomic E-state index is 0.00987. The lowest BCUT2D eigenvalue weighted by Gasteiger charge is -2.20. The predicted molar refractivity (Wildman–Crippen MR) is 102 cm³/mol. The molecule has 0 aromatic heterocycles. The first-order valence-corrected chi connectivity index (χ1v) is 10.1. The minimum atomic E-state index is -4.03. The van der Waals surface area contributed by atoms with Gasteiger partial charge < -0.3 is 0 Å². The second-order valence-electron chi connectivity index (χ2n) is 7.93. The SMILES string of the molecule is CC1=C(C)C(=O)C(CC[C@@H](C)CCCCCCCCC(F)(F)F)=C(C)C1=O. The van der Waals surface area contributed by atoms with Crippen molar-refractivity contribution in [3.8, 4) is 0 Å². The molecule has 0 N–H and O–H groups in total. The zero-order valence-electron chi connectivity index (χ0n) is 17.1. The number of hydrogen-bond donors (Lipinski definition) is 0. The van der Waals surface area contributed by atoms with Crippen LogP contribution in [0.4, 0.5) is 13.2 Å². The van der Waals surface area contributed by atoms with Crippen LogP contribution in [-0.2, 0) is 9.59 Å². The molecule has 0 saturated carbocycles. The largest absolute Gasteiger partial charge is 0.389 e. The van der Waals surface area contributed by atoms with Gasteiger partial charge >= 0.3 is 6.18 Å². The van der Waals surface area contributed by atoms with Gasteiger partial charge in [0.2, 0.25) is 0 Å². The van der Waals surface area contributed by atoms with Crippen molar-refractivity contribution in [1.29, 1.82) is 0 Å². The highest BCUT2D eigenvalue weighted by atomic mass is 19.4. The van der Waals surface area contributed by atoms with Crippen molar-refractivity contribution in [2.75, 3.05) is 0 Å². The van der Waals surface area contributed by atoms with Crippen molar-refractivity contribution in [2.24, 2.45) is 5.92 Å². The van der Waals surface area contributed by atoms with E-state index in [1.54, 1.807) is 20.8 Å². The number of rotatable bonds is 11. The van der Waals surface area contributed by atoms with Gasteiger partial charge in [-0.2, -0.15) is 13.2 Å². The van der Waals surface area contributed by atoms with Gasteiger partial charge in [-0.25, -0.2) is 0 Å². The van der Waals surface area contributed by atoms with E-state index in [-0.39, 0.29) is 18.0 Å². The van der Waals surface area contributed by atoms with Crippen LogP contribution in [-0.4, -0.2) is 17.7 Å². The summed E-state index contributed by atoms with van der Waals surface area (Å²) in [4.78, 5) is 24.6. The second kappa shape index (κ2) is 10.8. The van der Waals surface area contributed by atoms with Crippen LogP contribution >= 0.6 is 0 Å². The summed E-state index contributed by atoms with van der Waals surface area (Å²) in [5.41, 5.74) is 2.39. The van der Waals surface area contributed by atoms with Gasteiger partial charge in [0.1, 0.15) is 0 Å². The number of unbranched alkanes of at least 4 members (excludes halogenated alkanes) is 5. The quantitative estimate of drug-likeness (QED) is 0.286. The van der Waals surface area contributed by atoms with E-state index in [2.05, 4.69) is 6.92 Å². The summed E-state index contributed by atoms with van der Waals surface area (Å²) < 4.78 is 36.1. The number of carbonyl (C=O) groups excluding carboxylic acids is 2. The third-order valence-corrected chi connectivity index (χ3v) is 5.61. The fourth-order valence-electron chi connectivity index (χ4n) is 3.52. The monoisotopic (exact) mass is 386 g/mol. The number of carbonyl (C=O) groups is 2. The molecular formula is C22H33F3O2. The molecule has 1 aliphatic carbocycles. The molecule has 0 aromatic carbocycles. The Morgan fingerprint density at radius 1 is 0.741 bits per heavy atom. The first-order chi connectivity index (χ1) is 12.5. The first-order valence-electron chi connectivity index (χ1n) is 10.1. The van der Waals surface area contributed by atoms with E-state index in [0.717, 1.165) is 38.5 Å². The summed E-state index contributed by atoms with van der Waals surface area (Å²) in [5.74, 6) is 0.460. The first kappa shape index (κ1) is 23.6. The van der Waals surface area contributed by atoms with Crippen LogP contribution in [0.1, 0.15) is 91.9 Å². The zero-order valence-corrected chi connectivity index (χ0v) is 17.1. The lowest BCUT2D eigenvalue weighted by Crippen LogP contribution is -2.21. The highest BCUT2D eigenvalue weighted by molar-refractivity contribution is 6.24. The van der Waals surface area contributed by atoms with Gasteiger partial charge in [-0.1, -0.05) is 45.4 Å². The third kappa shape index (κ3) is 8.02. The van der Waals surface area contributed by atoms with Crippen molar-refractivity contribution in [1.82, 2.24) is 0 Å². The van der Waals surface area contributed by atoms with E-state index in [1.165, 1.54) is 0 Å². The van der Waals surface area contributed by atoms with Gasteiger partial charge in [0.05, 0.1) is 0 Å². The van der Waals surface area contributed by atoms with E-state index in [9.17, 15) is 22.8 Å². The van der Waals surface area contributed by atoms with E-state index in [1.807, 2.05) is 0 Å². The van der Waals surface area contributed by atoms with Gasteiger partial charge in [-0.15, -0.1) is 0 Å². The molecule has 0 heterocycles. The van der Waals surface area contributed by atoms with Crippen molar-refractivity contribution >= 4 is 11.6 Å². The van der Waals surface area contributed by atoms with E-state index >= 15 is 0 Å². The van der Waals surface area contributed by atoms with Crippen LogP contribution in [0.5, 0.6) is 0 Å². The maximum atomic E-state index is 12.4. The van der Waals surface area contributed by atoms with Gasteiger partial charge in [0.15, 0.2) is 11.6 Å². The molecule has 0 saturated heterocycles. The molecule has 154 valence electrons. The lowest BCUT2D eigenvalue weighted by molar-refractivity contribution is -0.135. The van der Waals surface area contributed by atoms with E-state index in [4.69, 9.17) is 0 Å². The number of allylic oxidation sites excluding steroid dienone is 4. The maximum Gasteiger partial charge on any atom is 0.389 e. The molecule has 0 amide bonds. The Hall–Kier alpha value is -1.39. The fourth-order valence-corrected chi connectivity index (χ4v) is 3.52. The molecule has 0 unspecified atom stereocenters. The Bertz CT molecular complexity index is 597. The van der Waals surface area contributed by atoms with Crippen LogP contribution in [0, 0.1) is 5.92 Å². The lowest BCUT2D eigenvalue weighted by atomic mass is 9.82. The Morgan fingerprint density at radius 2 is 1.26 bits per heavy atom. The van der Waals surface area contributed by atoms with Crippen molar-refractivity contribution < 1.29 is 22.8 Å². The van der Waals surface area contributed by atoms with Crippen molar-refractivity contribution in [3.63, 3.8) is 0 Å². The summed E-state index contributed by atoms with van der Waals surface area (Å²) in [7, 11) is 0. The van der Waals surface area contributed by atoms with Crippen LogP contribution in [0.3, 0.4) is 0 Å². The normalized spacial score (nSPS) is 17.1. The smallest absolute Gasteiger partial charge is 0.289 e. The summed E-state index contributed by atoms with van der Waals surface area (Å²) in [6, 6.07) is 0. The van der Waals surface area contributed by atoms with Gasteiger partial charge in [-0.3, -0.25) is 9.59 Å². The molecule has 1 aliphatic rings. The zero-order chi connectivity index (χ0) is 20.6. The Balaban J connectivity index is 2.22. The van der Waals surface area contributed by atoms with E-state index in [0.29, 0.717) is 41.1 Å². The Kier molecular flexibility index (Phi) is 9.48. The average molecular weight is 386 g/mol. The van der Waals surface area contributed by atoms with Gasteiger partial charge in [-0.05, 0) is 46.0 Å². The predicted octanol–water partition coefficient (Wildman–Crippen LogP) is 6.89. The number of hydrogen-bond acceptors (Lipinski definition) is 2. The molecule has 1 atom stereocenters. The molecule has 0 radical (unpaired) electrons. The molecule has 1 rings (SSSR count). The number of alkyl halides is 3. The van der Waals surface area contributed by atoms with Crippen LogP contribution in [0.25, 0.3) is 0 Å². The fraction of sp³-hybridized carbons (Fsp3) is 0.727. The summed E-state index contributed by atoms with van der Waals surface area (Å²) in [5, 5.41) is 0. The molecule has 0 bridgehead atoms. The van der Waals surface area contributed by atoms with Gasteiger partial charge in [0.25, 0.3) is 0 Å². The standard InChI is InChI=1S/C22H33F3O2/c1-15(11-9-7-5-6-8-10-14-22(23,24)25)12-13-19-18(4)20(26)16(2)17(3)21(19)27/h15H,5-14H2,1-4H3/t15-/m0/s1. The van der Waals surface area contributed by atoms with Crippen molar-refractivity contribution in [2.45, 2.75) is 98.1 Å². The van der Waals surface area contributed by atoms with Gasteiger partial charge in [0, 0.05) is 28.7 Å². The molecule has 0 fully saturated rings. The Morgan fingerprint density at radius 3 is 1.85 bits per heavy atom. The van der Waals surface area contributed by atoms with Crippen LogP contribution < -0.4 is 0 Å². The third-order valence-electron chi connectivity index (χ3n) is 5.61. The number of Topliss-reactive ketones (excluding diaryl/α,β-unsaturated/α-hetero) is 2. The van der Waals surface area contributed by atoms with Crippen LogP contribution in [0.2, 0.25) is 0 Å². The topological polar surface area (TPSA) is 34.1 Å². The van der Waals surface area contributed by atoms with E-state index < -0.39 is 12.6 Å². The summed E-state index contributed by atoms with van der Waals surface area (Å²) in [6.45, 7) is 7.33. The highest BCUT2D eigenvalue weighted by Gasteiger charge is 2.27. The molecule has 0 aliphatic heterocycles. The average Bonchev–Trinajstić information content (AvgIpc) is 2.59. The molecule has 0 spiro atoms. The highest BCUT2D eigenvalue weighted by Crippen LogP contribution is 2.29. The van der Waals surface area contributed by atoms with Crippen LogP contribution in [0.15, 0.2) is 22.3 Å². The molecule has 2 nitrogen and oxygen atoms in total. The Labute approximate surface area is 161 Å². The number of ketones is 2. The summed E-state index contributed by atoms with van der Waals surface area (Å²) in [6.07, 6.45) is 2.67. The van der Waals surface area contributed by atoms with Crippen molar-refractivity contribution in [3.05, 3.63) is 22.3 Å². The molecule has 0 aromatic rings. The second-order valence-corrected chi connectivity index (χ2v) is 7.93. The molecule has 5 heteroatoms.